The molecule has 2 aromatic rings. The van der Waals surface area contributed by atoms with Crippen LogP contribution in [-0.4, -0.2) is 44.6 Å². The molecular weight excluding hydrogens is 329 g/mol. The standard InChI is InChI=1S/C17H20FN3O4/c1-10(2)21(9-16(23)24)15(22)7-6-14-19-17(20-25-14)12-4-5-13(18)11(3)8-12/h4-5,8,10H,6-7,9H2,1-3H3,(H,23,24). The van der Waals surface area contributed by atoms with Gasteiger partial charge in [-0.05, 0) is 44.5 Å². The summed E-state index contributed by atoms with van der Waals surface area (Å²) >= 11 is 0. The summed E-state index contributed by atoms with van der Waals surface area (Å²) < 4.78 is 18.4. The normalized spacial score (nSPS) is 10.9. The summed E-state index contributed by atoms with van der Waals surface area (Å²) in [6.07, 6.45) is 0.268. The molecule has 0 unspecified atom stereocenters. The summed E-state index contributed by atoms with van der Waals surface area (Å²) in [5, 5.41) is 12.7. The van der Waals surface area contributed by atoms with Gasteiger partial charge >= 0.3 is 5.97 Å². The first kappa shape index (κ1) is 18.6. The van der Waals surface area contributed by atoms with Crippen molar-refractivity contribution in [3.05, 3.63) is 35.5 Å². The monoisotopic (exact) mass is 349 g/mol. The largest absolute Gasteiger partial charge is 0.480 e. The van der Waals surface area contributed by atoms with Gasteiger partial charge in [-0.3, -0.25) is 9.59 Å². The summed E-state index contributed by atoms with van der Waals surface area (Å²) in [4.78, 5) is 28.5. The van der Waals surface area contributed by atoms with Crippen LogP contribution < -0.4 is 0 Å². The highest BCUT2D eigenvalue weighted by molar-refractivity contribution is 5.81. The number of aliphatic carboxylic acids is 1. The molecule has 0 aliphatic carbocycles. The Morgan fingerprint density at radius 1 is 1.36 bits per heavy atom. The van der Waals surface area contributed by atoms with E-state index < -0.39 is 5.97 Å². The number of hydrogen-bond acceptors (Lipinski definition) is 5. The van der Waals surface area contributed by atoms with Gasteiger partial charge < -0.3 is 14.5 Å². The Morgan fingerprint density at radius 3 is 2.68 bits per heavy atom. The molecule has 1 N–H and O–H groups in total. The van der Waals surface area contributed by atoms with Crippen LogP contribution in [0.5, 0.6) is 0 Å². The number of carbonyl (C=O) groups excluding carboxylic acids is 1. The van der Waals surface area contributed by atoms with Gasteiger partial charge in [-0.2, -0.15) is 4.98 Å². The zero-order valence-corrected chi connectivity index (χ0v) is 14.3. The molecule has 1 aromatic carbocycles. The molecular formula is C17H20FN3O4. The Labute approximate surface area is 144 Å². The smallest absolute Gasteiger partial charge is 0.323 e. The average molecular weight is 349 g/mol. The van der Waals surface area contributed by atoms with E-state index in [9.17, 15) is 14.0 Å². The first-order valence-electron chi connectivity index (χ1n) is 7.88. The van der Waals surface area contributed by atoms with Crippen molar-refractivity contribution in [3.63, 3.8) is 0 Å². The van der Waals surface area contributed by atoms with E-state index in [1.807, 2.05) is 0 Å². The molecule has 25 heavy (non-hydrogen) atoms. The van der Waals surface area contributed by atoms with E-state index in [2.05, 4.69) is 10.1 Å². The number of aryl methyl sites for hydroxylation is 2. The lowest BCUT2D eigenvalue weighted by molar-refractivity contribution is -0.145. The molecule has 0 aliphatic heterocycles. The van der Waals surface area contributed by atoms with E-state index in [4.69, 9.17) is 9.63 Å². The lowest BCUT2D eigenvalue weighted by Crippen LogP contribution is -2.40. The van der Waals surface area contributed by atoms with Gasteiger partial charge in [-0.15, -0.1) is 0 Å². The Morgan fingerprint density at radius 2 is 2.08 bits per heavy atom. The summed E-state index contributed by atoms with van der Waals surface area (Å²) in [5.74, 6) is -1.09. The predicted octanol–water partition coefficient (Wildman–Crippen LogP) is 2.44. The summed E-state index contributed by atoms with van der Waals surface area (Å²) in [5.41, 5.74) is 1.09. The average Bonchev–Trinajstić information content (AvgIpc) is 3.01. The van der Waals surface area contributed by atoms with Crippen LogP contribution in [0.3, 0.4) is 0 Å². The lowest BCUT2D eigenvalue weighted by Gasteiger charge is -2.24. The molecule has 7 nitrogen and oxygen atoms in total. The van der Waals surface area contributed by atoms with Crippen LogP contribution in [0.15, 0.2) is 22.7 Å². The lowest BCUT2D eigenvalue weighted by atomic mass is 10.1. The second-order valence-corrected chi connectivity index (χ2v) is 5.98. The van der Waals surface area contributed by atoms with Gasteiger partial charge in [0.15, 0.2) is 0 Å². The van der Waals surface area contributed by atoms with E-state index in [0.717, 1.165) is 0 Å². The van der Waals surface area contributed by atoms with Crippen molar-refractivity contribution in [2.24, 2.45) is 0 Å². The van der Waals surface area contributed by atoms with Gasteiger partial charge in [0, 0.05) is 24.4 Å². The predicted molar refractivity (Wildman–Crippen MR) is 87.2 cm³/mol. The highest BCUT2D eigenvalue weighted by atomic mass is 19.1. The molecule has 0 saturated carbocycles. The van der Waals surface area contributed by atoms with E-state index in [1.165, 1.54) is 11.0 Å². The highest BCUT2D eigenvalue weighted by Crippen LogP contribution is 2.19. The van der Waals surface area contributed by atoms with Crippen molar-refractivity contribution in [1.82, 2.24) is 15.0 Å². The number of amides is 1. The fraction of sp³-hybridized carbons (Fsp3) is 0.412. The van der Waals surface area contributed by atoms with Crippen LogP contribution in [-0.2, 0) is 16.0 Å². The Kier molecular flexibility index (Phi) is 5.84. The fourth-order valence-corrected chi connectivity index (χ4v) is 2.32. The van der Waals surface area contributed by atoms with Gasteiger partial charge in [0.25, 0.3) is 0 Å². The molecule has 0 fully saturated rings. The number of rotatable bonds is 7. The molecule has 0 atom stereocenters. The van der Waals surface area contributed by atoms with Crippen LogP contribution >= 0.6 is 0 Å². The second kappa shape index (κ2) is 7.87. The third kappa shape index (κ3) is 4.85. The van der Waals surface area contributed by atoms with Crippen LogP contribution in [0.2, 0.25) is 0 Å². The number of carboxylic acids is 1. The molecule has 134 valence electrons. The Bertz CT molecular complexity index is 773. The molecule has 0 saturated heterocycles. The molecule has 0 aliphatic rings. The van der Waals surface area contributed by atoms with Crippen molar-refractivity contribution < 1.29 is 23.6 Å². The zero-order valence-electron chi connectivity index (χ0n) is 14.3. The van der Waals surface area contributed by atoms with Crippen molar-refractivity contribution in [2.75, 3.05) is 6.54 Å². The third-order valence-electron chi connectivity index (χ3n) is 3.69. The SMILES string of the molecule is Cc1cc(-c2noc(CCC(=O)N(CC(=O)O)C(C)C)n2)ccc1F. The van der Waals surface area contributed by atoms with Crippen LogP contribution in [0.25, 0.3) is 11.4 Å². The zero-order chi connectivity index (χ0) is 18.6. The Hall–Kier alpha value is -2.77. The summed E-state index contributed by atoms with van der Waals surface area (Å²) in [6, 6.07) is 4.28. The molecule has 1 heterocycles. The number of halogens is 1. The Balaban J connectivity index is 2.02. The van der Waals surface area contributed by atoms with Crippen molar-refractivity contribution >= 4 is 11.9 Å². The number of carbonyl (C=O) groups is 2. The maximum Gasteiger partial charge on any atom is 0.323 e. The van der Waals surface area contributed by atoms with Crippen molar-refractivity contribution in [3.8, 4) is 11.4 Å². The molecule has 0 radical (unpaired) electrons. The van der Waals surface area contributed by atoms with E-state index in [1.54, 1.807) is 32.9 Å². The van der Waals surface area contributed by atoms with Gasteiger partial charge in [0.05, 0.1) is 0 Å². The number of benzene rings is 1. The topological polar surface area (TPSA) is 96.5 Å². The third-order valence-corrected chi connectivity index (χ3v) is 3.69. The van der Waals surface area contributed by atoms with Gasteiger partial charge in [-0.1, -0.05) is 5.16 Å². The van der Waals surface area contributed by atoms with Crippen molar-refractivity contribution in [1.29, 1.82) is 0 Å². The van der Waals surface area contributed by atoms with Crippen LogP contribution in [0, 0.1) is 12.7 Å². The van der Waals surface area contributed by atoms with Crippen LogP contribution in [0.4, 0.5) is 4.39 Å². The fourth-order valence-electron chi connectivity index (χ4n) is 2.32. The van der Waals surface area contributed by atoms with E-state index >= 15 is 0 Å². The van der Waals surface area contributed by atoms with Crippen molar-refractivity contribution in [2.45, 2.75) is 39.7 Å². The first-order valence-corrected chi connectivity index (χ1v) is 7.88. The molecule has 8 heteroatoms. The molecule has 0 bridgehead atoms. The maximum absolute atomic E-state index is 13.3. The molecule has 2 rings (SSSR count). The van der Waals surface area contributed by atoms with Gasteiger partial charge in [-0.25, -0.2) is 4.39 Å². The minimum atomic E-state index is -1.06. The summed E-state index contributed by atoms with van der Waals surface area (Å²) in [6.45, 7) is 4.80. The van der Waals surface area contributed by atoms with Gasteiger partial charge in [0.2, 0.25) is 17.6 Å². The second-order valence-electron chi connectivity index (χ2n) is 5.98. The maximum atomic E-state index is 13.3. The van der Waals surface area contributed by atoms with Gasteiger partial charge in [0.1, 0.15) is 12.4 Å². The number of nitrogens with zero attached hydrogens (tertiary/aromatic N) is 3. The molecule has 1 aromatic heterocycles. The minimum absolute atomic E-state index is 0.0650. The van der Waals surface area contributed by atoms with E-state index in [0.29, 0.717) is 17.0 Å². The number of aromatic nitrogens is 2. The molecule has 0 spiro atoms. The number of hydrogen-bond donors (Lipinski definition) is 1. The van der Waals surface area contributed by atoms with Crippen LogP contribution in [0.1, 0.15) is 31.7 Å². The quantitative estimate of drug-likeness (QED) is 0.825. The number of carboxylic acid groups (broad SMARTS) is 1. The highest BCUT2D eigenvalue weighted by Gasteiger charge is 2.20. The van der Waals surface area contributed by atoms with E-state index in [-0.39, 0.29) is 43.0 Å². The summed E-state index contributed by atoms with van der Waals surface area (Å²) in [7, 11) is 0. The molecule has 1 amide bonds. The minimum Gasteiger partial charge on any atom is -0.480 e. The first-order chi connectivity index (χ1) is 11.8.